The third kappa shape index (κ3) is 5.64. The Kier molecular flexibility index (Phi) is 6.73. The number of carbonyl (C=O) groups excluding carboxylic acids is 1. The molecule has 2 aromatic carbocycles. The quantitative estimate of drug-likeness (QED) is 0.476. The van der Waals surface area contributed by atoms with Crippen LogP contribution < -0.4 is 20.9 Å². The minimum absolute atomic E-state index is 0.249. The predicted molar refractivity (Wildman–Crippen MR) is 113 cm³/mol. The molecule has 0 spiro atoms. The van der Waals surface area contributed by atoms with Gasteiger partial charge in [0.25, 0.3) is 0 Å². The van der Waals surface area contributed by atoms with Crippen LogP contribution >= 0.6 is 0 Å². The molecule has 0 unspecified atom stereocenters. The maximum Gasteiger partial charge on any atom is 0.333 e. The summed E-state index contributed by atoms with van der Waals surface area (Å²) in [4.78, 5) is 11.9. The Morgan fingerprint density at radius 2 is 1.93 bits per heavy atom. The lowest BCUT2D eigenvalue weighted by molar-refractivity contribution is 0.236. The summed E-state index contributed by atoms with van der Waals surface area (Å²) in [6.07, 6.45) is 5.70. The highest BCUT2D eigenvalue weighted by atomic mass is 16.5. The fraction of sp³-hybridized carbons (Fsp3) is 0.261. The first-order valence-corrected chi connectivity index (χ1v) is 9.58. The Balaban J connectivity index is 1.31. The molecule has 0 saturated heterocycles. The van der Waals surface area contributed by atoms with Gasteiger partial charge in [-0.3, -0.25) is 5.43 Å². The number of hydrazine groups is 1. The Labute approximate surface area is 166 Å². The lowest BCUT2D eigenvalue weighted by atomic mass is 10.1. The number of hydrogen-bond donors (Lipinski definition) is 3. The van der Waals surface area contributed by atoms with Crippen molar-refractivity contribution in [2.75, 3.05) is 13.2 Å². The summed E-state index contributed by atoms with van der Waals surface area (Å²) in [6, 6.07) is 16.1. The molecule has 146 valence electrons. The first kappa shape index (κ1) is 19.5. The fourth-order valence-corrected chi connectivity index (χ4v) is 3.04. The van der Waals surface area contributed by atoms with Gasteiger partial charge in [-0.1, -0.05) is 54.1 Å². The largest absolute Gasteiger partial charge is 0.493 e. The van der Waals surface area contributed by atoms with Gasteiger partial charge in [0, 0.05) is 18.7 Å². The lowest BCUT2D eigenvalue weighted by Gasteiger charge is -2.12. The SMILES string of the molecule is Cc1ccc(OCCCNC(=O)NNC2=CC(c3ccccc3)=CC2)c(C)c1. The molecule has 1 aliphatic carbocycles. The second-order valence-electron chi connectivity index (χ2n) is 6.88. The van der Waals surface area contributed by atoms with E-state index in [-0.39, 0.29) is 6.03 Å². The molecule has 0 aliphatic heterocycles. The van der Waals surface area contributed by atoms with E-state index in [0.29, 0.717) is 13.2 Å². The normalized spacial score (nSPS) is 12.8. The van der Waals surface area contributed by atoms with E-state index >= 15 is 0 Å². The van der Waals surface area contributed by atoms with Gasteiger partial charge in [0.1, 0.15) is 5.75 Å². The molecule has 0 saturated carbocycles. The smallest absolute Gasteiger partial charge is 0.333 e. The van der Waals surface area contributed by atoms with E-state index in [4.69, 9.17) is 4.74 Å². The molecule has 0 aromatic heterocycles. The van der Waals surface area contributed by atoms with Crippen molar-refractivity contribution >= 4 is 11.6 Å². The standard InChI is InChI=1S/C23H27N3O2/c1-17-9-12-22(18(2)15-17)28-14-6-13-24-23(27)26-25-21-11-10-20(16-21)19-7-4-3-5-8-19/h3-5,7-10,12,15-16,25H,6,11,13-14H2,1-2H3,(H2,24,26,27). The molecule has 2 amide bonds. The Hall–Kier alpha value is -3.21. The van der Waals surface area contributed by atoms with Crippen LogP contribution in [0.5, 0.6) is 5.75 Å². The number of amides is 2. The van der Waals surface area contributed by atoms with Gasteiger partial charge >= 0.3 is 6.03 Å². The van der Waals surface area contributed by atoms with E-state index in [1.165, 1.54) is 11.1 Å². The van der Waals surface area contributed by atoms with Crippen LogP contribution in [0.1, 0.15) is 29.5 Å². The zero-order valence-corrected chi connectivity index (χ0v) is 16.4. The van der Waals surface area contributed by atoms with E-state index in [9.17, 15) is 4.79 Å². The van der Waals surface area contributed by atoms with Crippen molar-refractivity contribution in [1.82, 2.24) is 16.2 Å². The van der Waals surface area contributed by atoms with Gasteiger partial charge in [0.05, 0.1) is 6.61 Å². The topological polar surface area (TPSA) is 62.4 Å². The number of benzene rings is 2. The summed E-state index contributed by atoms with van der Waals surface area (Å²) in [5.74, 6) is 0.895. The number of ether oxygens (including phenoxy) is 1. The zero-order valence-electron chi connectivity index (χ0n) is 16.4. The molecule has 0 atom stereocenters. The molecule has 0 fully saturated rings. The monoisotopic (exact) mass is 377 g/mol. The molecular formula is C23H27N3O2. The van der Waals surface area contributed by atoms with Gasteiger partial charge in [-0.2, -0.15) is 0 Å². The number of rotatable bonds is 8. The summed E-state index contributed by atoms with van der Waals surface area (Å²) >= 11 is 0. The molecule has 0 radical (unpaired) electrons. The molecule has 3 rings (SSSR count). The average Bonchev–Trinajstić information content (AvgIpc) is 3.17. The third-order valence-electron chi connectivity index (χ3n) is 4.51. The molecule has 3 N–H and O–H groups in total. The first-order chi connectivity index (χ1) is 13.6. The number of allylic oxidation sites excluding steroid dienone is 3. The molecule has 5 nitrogen and oxygen atoms in total. The summed E-state index contributed by atoms with van der Waals surface area (Å²) in [6.45, 7) is 5.21. The molecule has 0 bridgehead atoms. The molecule has 0 heterocycles. The molecule has 28 heavy (non-hydrogen) atoms. The summed E-state index contributed by atoms with van der Waals surface area (Å²) < 4.78 is 5.77. The number of aryl methyl sites for hydroxylation is 2. The summed E-state index contributed by atoms with van der Waals surface area (Å²) in [7, 11) is 0. The second-order valence-corrected chi connectivity index (χ2v) is 6.88. The van der Waals surface area contributed by atoms with Crippen molar-refractivity contribution in [3.05, 3.63) is 83.1 Å². The molecular weight excluding hydrogens is 350 g/mol. The van der Waals surface area contributed by atoms with Crippen LogP contribution in [0, 0.1) is 13.8 Å². The van der Waals surface area contributed by atoms with Crippen molar-refractivity contribution in [2.24, 2.45) is 0 Å². The number of hydrogen-bond acceptors (Lipinski definition) is 3. The van der Waals surface area contributed by atoms with E-state index in [1.54, 1.807) is 0 Å². The molecule has 5 heteroatoms. The molecule has 1 aliphatic rings. The number of nitrogens with one attached hydrogen (secondary N) is 3. The highest BCUT2D eigenvalue weighted by Gasteiger charge is 2.09. The van der Waals surface area contributed by atoms with E-state index < -0.39 is 0 Å². The van der Waals surface area contributed by atoms with Crippen LogP contribution in [-0.4, -0.2) is 19.2 Å². The minimum atomic E-state index is -0.249. The van der Waals surface area contributed by atoms with Crippen LogP contribution in [-0.2, 0) is 0 Å². The Bertz CT molecular complexity index is 873. The summed E-state index contributed by atoms with van der Waals surface area (Å²) in [5, 5.41) is 2.82. The van der Waals surface area contributed by atoms with Gasteiger partial charge in [0.2, 0.25) is 0 Å². The summed E-state index contributed by atoms with van der Waals surface area (Å²) in [5.41, 5.74) is 11.3. The Morgan fingerprint density at radius 3 is 2.71 bits per heavy atom. The van der Waals surface area contributed by atoms with Gasteiger partial charge in [0.15, 0.2) is 0 Å². The van der Waals surface area contributed by atoms with Crippen LogP contribution in [0.2, 0.25) is 0 Å². The van der Waals surface area contributed by atoms with Crippen LogP contribution in [0.3, 0.4) is 0 Å². The van der Waals surface area contributed by atoms with Crippen molar-refractivity contribution in [3.8, 4) is 5.75 Å². The fourth-order valence-electron chi connectivity index (χ4n) is 3.04. The van der Waals surface area contributed by atoms with Crippen molar-refractivity contribution in [1.29, 1.82) is 0 Å². The Morgan fingerprint density at radius 1 is 1.11 bits per heavy atom. The van der Waals surface area contributed by atoms with Gasteiger partial charge in [-0.25, -0.2) is 4.79 Å². The van der Waals surface area contributed by atoms with Crippen LogP contribution in [0.4, 0.5) is 4.79 Å². The van der Waals surface area contributed by atoms with E-state index in [0.717, 1.165) is 35.4 Å². The molecule has 2 aromatic rings. The second kappa shape index (κ2) is 9.65. The average molecular weight is 377 g/mol. The maximum absolute atomic E-state index is 11.9. The van der Waals surface area contributed by atoms with Gasteiger partial charge in [-0.15, -0.1) is 0 Å². The van der Waals surface area contributed by atoms with Gasteiger partial charge in [-0.05, 0) is 49.1 Å². The number of urea groups is 1. The third-order valence-corrected chi connectivity index (χ3v) is 4.51. The van der Waals surface area contributed by atoms with Crippen molar-refractivity contribution in [2.45, 2.75) is 26.7 Å². The predicted octanol–water partition coefficient (Wildman–Crippen LogP) is 4.25. The maximum atomic E-state index is 11.9. The zero-order chi connectivity index (χ0) is 19.8. The number of carbonyl (C=O) groups is 1. The van der Waals surface area contributed by atoms with Crippen molar-refractivity contribution < 1.29 is 9.53 Å². The van der Waals surface area contributed by atoms with Crippen LogP contribution in [0.15, 0.2) is 66.4 Å². The van der Waals surface area contributed by atoms with Crippen LogP contribution in [0.25, 0.3) is 5.57 Å². The lowest BCUT2D eigenvalue weighted by Crippen LogP contribution is -2.43. The van der Waals surface area contributed by atoms with Crippen molar-refractivity contribution in [3.63, 3.8) is 0 Å². The van der Waals surface area contributed by atoms with E-state index in [1.807, 2.05) is 43.3 Å². The van der Waals surface area contributed by atoms with E-state index in [2.05, 4.69) is 47.4 Å². The minimum Gasteiger partial charge on any atom is -0.493 e. The highest BCUT2D eigenvalue weighted by Crippen LogP contribution is 2.24. The van der Waals surface area contributed by atoms with Gasteiger partial charge < -0.3 is 15.5 Å². The highest BCUT2D eigenvalue weighted by molar-refractivity contribution is 5.78. The first-order valence-electron chi connectivity index (χ1n) is 9.58.